The number of anilines is 1. The predicted octanol–water partition coefficient (Wildman–Crippen LogP) is 4.15. The van der Waals surface area contributed by atoms with Crippen LogP contribution in [0.5, 0.6) is 0 Å². The van der Waals surface area contributed by atoms with E-state index in [1.807, 2.05) is 18.5 Å². The molecule has 1 aromatic carbocycles. The first-order valence-corrected chi connectivity index (χ1v) is 9.90. The van der Waals surface area contributed by atoms with Crippen LogP contribution in [0.2, 0.25) is 0 Å². The van der Waals surface area contributed by atoms with Crippen molar-refractivity contribution in [2.45, 2.75) is 13.0 Å². The molecule has 24 heavy (non-hydrogen) atoms. The van der Waals surface area contributed by atoms with E-state index >= 15 is 0 Å². The van der Waals surface area contributed by atoms with Gasteiger partial charge in [0.2, 0.25) is 0 Å². The molecule has 0 N–H and O–H groups in total. The van der Waals surface area contributed by atoms with E-state index in [-0.39, 0.29) is 0 Å². The van der Waals surface area contributed by atoms with Gasteiger partial charge in [0.05, 0.1) is 10.9 Å². The van der Waals surface area contributed by atoms with Crippen molar-refractivity contribution in [3.05, 3.63) is 53.1 Å². The second-order valence-electron chi connectivity index (χ2n) is 5.94. The van der Waals surface area contributed by atoms with Crippen molar-refractivity contribution in [2.24, 2.45) is 0 Å². The highest BCUT2D eigenvalue weighted by molar-refractivity contribution is 7.18. The summed E-state index contributed by atoms with van der Waals surface area (Å²) >= 11 is 3.53. The SMILES string of the molecule is CC(c1nccs1)N1CCN(c2ncc(-c3ccccc3)s2)CC1. The van der Waals surface area contributed by atoms with Gasteiger partial charge in [-0.2, -0.15) is 0 Å². The van der Waals surface area contributed by atoms with Gasteiger partial charge >= 0.3 is 0 Å². The minimum absolute atomic E-state index is 0.406. The maximum Gasteiger partial charge on any atom is 0.185 e. The van der Waals surface area contributed by atoms with Crippen molar-refractivity contribution < 1.29 is 0 Å². The Morgan fingerprint density at radius 3 is 2.54 bits per heavy atom. The highest BCUT2D eigenvalue weighted by Gasteiger charge is 2.24. The van der Waals surface area contributed by atoms with E-state index in [1.54, 1.807) is 22.7 Å². The molecule has 4 nitrogen and oxygen atoms in total. The molecule has 0 aliphatic carbocycles. The third-order valence-electron chi connectivity index (χ3n) is 4.49. The fourth-order valence-corrected chi connectivity index (χ4v) is 4.75. The van der Waals surface area contributed by atoms with Gasteiger partial charge in [-0.1, -0.05) is 41.7 Å². The zero-order chi connectivity index (χ0) is 16.4. The van der Waals surface area contributed by atoms with E-state index in [9.17, 15) is 0 Å². The Labute approximate surface area is 150 Å². The van der Waals surface area contributed by atoms with Crippen LogP contribution in [0.25, 0.3) is 10.4 Å². The highest BCUT2D eigenvalue weighted by atomic mass is 32.1. The van der Waals surface area contributed by atoms with Gasteiger partial charge < -0.3 is 4.90 Å². The van der Waals surface area contributed by atoms with Crippen molar-refractivity contribution in [3.63, 3.8) is 0 Å². The number of aromatic nitrogens is 2. The van der Waals surface area contributed by atoms with Gasteiger partial charge in [-0.25, -0.2) is 9.97 Å². The summed E-state index contributed by atoms with van der Waals surface area (Å²) in [5.74, 6) is 0. The Bertz CT molecular complexity index is 761. The number of piperazine rings is 1. The van der Waals surface area contributed by atoms with E-state index in [0.717, 1.165) is 31.3 Å². The lowest BCUT2D eigenvalue weighted by Gasteiger charge is -2.37. The Kier molecular flexibility index (Phi) is 4.60. The van der Waals surface area contributed by atoms with Crippen molar-refractivity contribution in [2.75, 3.05) is 31.1 Å². The molecule has 1 atom stereocenters. The van der Waals surface area contributed by atoms with E-state index in [0.29, 0.717) is 6.04 Å². The quantitative estimate of drug-likeness (QED) is 0.703. The van der Waals surface area contributed by atoms with Crippen LogP contribution in [0.4, 0.5) is 5.13 Å². The number of rotatable bonds is 4. The fraction of sp³-hybridized carbons (Fsp3) is 0.333. The lowest BCUT2D eigenvalue weighted by atomic mass is 10.2. The summed E-state index contributed by atoms with van der Waals surface area (Å²) in [6.07, 6.45) is 3.90. The van der Waals surface area contributed by atoms with Crippen LogP contribution in [-0.2, 0) is 0 Å². The van der Waals surface area contributed by atoms with Gasteiger partial charge in [0, 0.05) is 44.0 Å². The third-order valence-corrected chi connectivity index (χ3v) is 6.55. The zero-order valence-electron chi connectivity index (χ0n) is 13.6. The average Bonchev–Trinajstić information content (AvgIpc) is 3.34. The van der Waals surface area contributed by atoms with Crippen molar-refractivity contribution in [1.29, 1.82) is 0 Å². The first-order chi connectivity index (χ1) is 11.8. The molecule has 1 fully saturated rings. The average molecular weight is 357 g/mol. The van der Waals surface area contributed by atoms with Gasteiger partial charge in [0.25, 0.3) is 0 Å². The van der Waals surface area contributed by atoms with E-state index in [4.69, 9.17) is 0 Å². The number of benzene rings is 1. The first kappa shape index (κ1) is 15.7. The molecule has 4 rings (SSSR count). The smallest absolute Gasteiger partial charge is 0.185 e. The number of thiazole rings is 2. The normalized spacial score (nSPS) is 17.1. The summed E-state index contributed by atoms with van der Waals surface area (Å²) in [5.41, 5.74) is 1.25. The van der Waals surface area contributed by atoms with Crippen molar-refractivity contribution in [1.82, 2.24) is 14.9 Å². The summed E-state index contributed by atoms with van der Waals surface area (Å²) in [7, 11) is 0. The molecule has 0 amide bonds. The Morgan fingerprint density at radius 1 is 1.04 bits per heavy atom. The van der Waals surface area contributed by atoms with Gasteiger partial charge in [0.15, 0.2) is 5.13 Å². The maximum absolute atomic E-state index is 4.65. The Hall–Kier alpha value is -1.76. The molecular weight excluding hydrogens is 336 g/mol. The van der Waals surface area contributed by atoms with Crippen LogP contribution >= 0.6 is 22.7 Å². The lowest BCUT2D eigenvalue weighted by molar-refractivity contribution is 0.198. The molecule has 3 aromatic rings. The monoisotopic (exact) mass is 356 g/mol. The van der Waals surface area contributed by atoms with Crippen molar-refractivity contribution in [3.8, 4) is 10.4 Å². The van der Waals surface area contributed by atoms with Crippen molar-refractivity contribution >= 4 is 27.8 Å². The van der Waals surface area contributed by atoms with Crippen LogP contribution < -0.4 is 4.90 Å². The molecule has 1 unspecified atom stereocenters. The molecule has 2 aromatic heterocycles. The Morgan fingerprint density at radius 2 is 1.83 bits per heavy atom. The number of nitrogens with zero attached hydrogens (tertiary/aromatic N) is 4. The minimum atomic E-state index is 0.406. The van der Waals surface area contributed by atoms with Gasteiger partial charge in [-0.05, 0) is 12.5 Å². The molecular formula is C18H20N4S2. The zero-order valence-corrected chi connectivity index (χ0v) is 15.3. The number of hydrogen-bond acceptors (Lipinski definition) is 6. The standard InChI is InChI=1S/C18H20N4S2/c1-14(17-19-7-12-23-17)21-8-10-22(11-9-21)18-20-13-16(24-18)15-5-3-2-4-6-15/h2-7,12-14H,8-11H2,1H3. The lowest BCUT2D eigenvalue weighted by Crippen LogP contribution is -2.47. The number of hydrogen-bond donors (Lipinski definition) is 0. The molecule has 0 saturated carbocycles. The summed E-state index contributed by atoms with van der Waals surface area (Å²) in [6, 6.07) is 10.9. The predicted molar refractivity (Wildman–Crippen MR) is 102 cm³/mol. The molecule has 124 valence electrons. The van der Waals surface area contributed by atoms with Gasteiger partial charge in [-0.15, -0.1) is 11.3 Å². The van der Waals surface area contributed by atoms with Crippen LogP contribution in [-0.4, -0.2) is 41.0 Å². The molecule has 0 spiro atoms. The molecule has 1 saturated heterocycles. The highest BCUT2D eigenvalue weighted by Crippen LogP contribution is 2.32. The molecule has 3 heterocycles. The topological polar surface area (TPSA) is 32.3 Å². The Balaban J connectivity index is 1.40. The third kappa shape index (κ3) is 3.22. The second kappa shape index (κ2) is 7.01. The van der Waals surface area contributed by atoms with Crippen LogP contribution in [0.1, 0.15) is 18.0 Å². The van der Waals surface area contributed by atoms with E-state index in [2.05, 4.69) is 56.3 Å². The molecule has 0 radical (unpaired) electrons. The summed E-state index contributed by atoms with van der Waals surface area (Å²) in [5, 5.41) is 4.41. The largest absolute Gasteiger partial charge is 0.346 e. The molecule has 1 aliphatic rings. The van der Waals surface area contributed by atoms with Gasteiger partial charge in [0.1, 0.15) is 5.01 Å². The summed E-state index contributed by atoms with van der Waals surface area (Å²) in [6.45, 7) is 6.42. The van der Waals surface area contributed by atoms with Crippen LogP contribution in [0.15, 0.2) is 48.1 Å². The first-order valence-electron chi connectivity index (χ1n) is 8.21. The fourth-order valence-electron chi connectivity index (χ4n) is 3.04. The minimum Gasteiger partial charge on any atom is -0.346 e. The van der Waals surface area contributed by atoms with E-state index < -0.39 is 0 Å². The maximum atomic E-state index is 4.65. The van der Waals surface area contributed by atoms with E-state index in [1.165, 1.54) is 15.4 Å². The molecule has 6 heteroatoms. The second-order valence-corrected chi connectivity index (χ2v) is 7.88. The summed E-state index contributed by atoms with van der Waals surface area (Å²) in [4.78, 5) is 15.3. The molecule has 1 aliphatic heterocycles. The van der Waals surface area contributed by atoms with Crippen LogP contribution in [0.3, 0.4) is 0 Å². The van der Waals surface area contributed by atoms with Gasteiger partial charge in [-0.3, -0.25) is 4.90 Å². The molecule has 0 bridgehead atoms. The summed E-state index contributed by atoms with van der Waals surface area (Å²) < 4.78 is 0. The van der Waals surface area contributed by atoms with Crippen LogP contribution in [0, 0.1) is 0 Å².